The summed E-state index contributed by atoms with van der Waals surface area (Å²) in [5.74, 6) is -0.628. The molecule has 0 unspecified atom stereocenters. The molecule has 3 N–H and O–H groups in total. The molecule has 0 spiro atoms. The Morgan fingerprint density at radius 1 is 0.727 bits per heavy atom. The van der Waals surface area contributed by atoms with Crippen LogP contribution in [0, 0.1) is 0 Å². The van der Waals surface area contributed by atoms with E-state index in [2.05, 4.69) is 20.9 Å². The number of hydrogen-bond acceptors (Lipinski definition) is 4. The first-order valence-electron chi connectivity index (χ1n) is 10.5. The third-order valence-corrected chi connectivity index (χ3v) is 4.98. The molecule has 4 rings (SSSR count). The fourth-order valence-electron chi connectivity index (χ4n) is 3.37. The van der Waals surface area contributed by atoms with Crippen LogP contribution in [0.15, 0.2) is 84.9 Å². The average Bonchev–Trinajstić information content (AvgIpc) is 2.84. The van der Waals surface area contributed by atoms with Crippen LogP contribution in [0.4, 0.5) is 11.5 Å². The topological polar surface area (TPSA) is 100 Å². The summed E-state index contributed by atoms with van der Waals surface area (Å²) in [6.45, 7) is 2.33. The van der Waals surface area contributed by atoms with E-state index in [9.17, 15) is 14.4 Å². The second kappa shape index (κ2) is 9.74. The molecule has 0 aliphatic rings. The van der Waals surface area contributed by atoms with E-state index in [-0.39, 0.29) is 17.6 Å². The molecule has 0 aliphatic heterocycles. The smallest absolute Gasteiger partial charge is 0.256 e. The number of hydrogen-bond donors (Lipinski definition) is 3. The molecule has 7 heteroatoms. The highest BCUT2D eigenvalue weighted by Crippen LogP contribution is 2.21. The van der Waals surface area contributed by atoms with Gasteiger partial charge in [0.1, 0.15) is 5.82 Å². The van der Waals surface area contributed by atoms with Crippen LogP contribution in [0.2, 0.25) is 0 Å². The van der Waals surface area contributed by atoms with Gasteiger partial charge in [-0.3, -0.25) is 14.4 Å². The molecule has 33 heavy (non-hydrogen) atoms. The normalized spacial score (nSPS) is 10.5. The van der Waals surface area contributed by atoms with Gasteiger partial charge in [0, 0.05) is 28.7 Å². The molecule has 164 valence electrons. The maximum Gasteiger partial charge on any atom is 0.256 e. The molecule has 3 aromatic carbocycles. The lowest BCUT2D eigenvalue weighted by Gasteiger charge is -2.11. The van der Waals surface area contributed by atoms with Gasteiger partial charge in [-0.25, -0.2) is 4.98 Å². The Kier molecular flexibility index (Phi) is 6.40. The molecular formula is C26H22N4O3. The summed E-state index contributed by atoms with van der Waals surface area (Å²) in [6, 6.07) is 24.3. The van der Waals surface area contributed by atoms with Crippen molar-refractivity contribution in [2.45, 2.75) is 6.92 Å². The number of carbonyl (C=O) groups excluding carboxylic acids is 3. The highest BCUT2D eigenvalue weighted by atomic mass is 16.2. The molecule has 0 radical (unpaired) electrons. The van der Waals surface area contributed by atoms with Crippen LogP contribution >= 0.6 is 0 Å². The first-order valence-corrected chi connectivity index (χ1v) is 10.5. The Balaban J connectivity index is 1.52. The van der Waals surface area contributed by atoms with Crippen molar-refractivity contribution in [3.63, 3.8) is 0 Å². The summed E-state index contributed by atoms with van der Waals surface area (Å²) in [4.78, 5) is 42.2. The molecule has 0 aliphatic carbocycles. The lowest BCUT2D eigenvalue weighted by molar-refractivity contribution is 0.0955. The molecule has 0 atom stereocenters. The van der Waals surface area contributed by atoms with E-state index < -0.39 is 5.91 Å². The minimum absolute atomic E-state index is 0.236. The molecule has 1 aromatic heterocycles. The fourth-order valence-corrected chi connectivity index (χ4v) is 3.37. The van der Waals surface area contributed by atoms with Gasteiger partial charge in [0.25, 0.3) is 17.7 Å². The third-order valence-electron chi connectivity index (χ3n) is 4.98. The van der Waals surface area contributed by atoms with Crippen molar-refractivity contribution in [3.05, 3.63) is 102 Å². The van der Waals surface area contributed by atoms with E-state index in [1.807, 2.05) is 43.3 Å². The lowest BCUT2D eigenvalue weighted by Crippen LogP contribution is -2.23. The molecule has 0 fully saturated rings. The van der Waals surface area contributed by atoms with Gasteiger partial charge in [-0.2, -0.15) is 0 Å². The highest BCUT2D eigenvalue weighted by Gasteiger charge is 2.15. The summed E-state index contributed by atoms with van der Waals surface area (Å²) in [7, 11) is 0. The summed E-state index contributed by atoms with van der Waals surface area (Å²) < 4.78 is 0. The van der Waals surface area contributed by atoms with Crippen LogP contribution in [0.1, 0.15) is 38.0 Å². The minimum atomic E-state index is -0.394. The molecule has 1 heterocycles. The van der Waals surface area contributed by atoms with Gasteiger partial charge in [0.2, 0.25) is 0 Å². The Bertz CT molecular complexity index is 1320. The molecule has 0 saturated heterocycles. The van der Waals surface area contributed by atoms with Crippen molar-refractivity contribution in [2.75, 3.05) is 17.2 Å². The molecule has 4 aromatic rings. The van der Waals surface area contributed by atoms with E-state index in [1.165, 1.54) is 0 Å². The number of fused-ring (bicyclic) bond motifs is 1. The lowest BCUT2D eigenvalue weighted by atomic mass is 10.1. The summed E-state index contributed by atoms with van der Waals surface area (Å²) in [5, 5.41) is 9.04. The predicted octanol–water partition coefficient (Wildman–Crippen LogP) is 4.49. The molecule has 0 saturated carbocycles. The van der Waals surface area contributed by atoms with Crippen LogP contribution in [0.3, 0.4) is 0 Å². The second-order valence-electron chi connectivity index (χ2n) is 7.28. The zero-order valence-corrected chi connectivity index (χ0v) is 18.0. The van der Waals surface area contributed by atoms with Gasteiger partial charge >= 0.3 is 0 Å². The number of aromatic nitrogens is 1. The average molecular weight is 438 g/mol. The van der Waals surface area contributed by atoms with Gasteiger partial charge in [-0.1, -0.05) is 36.4 Å². The van der Waals surface area contributed by atoms with Gasteiger partial charge in [0.05, 0.1) is 11.1 Å². The van der Waals surface area contributed by atoms with E-state index in [1.54, 1.807) is 48.5 Å². The van der Waals surface area contributed by atoms with Crippen LogP contribution in [-0.4, -0.2) is 29.3 Å². The number of rotatable bonds is 6. The Morgan fingerprint density at radius 2 is 1.33 bits per heavy atom. The maximum atomic E-state index is 12.8. The minimum Gasteiger partial charge on any atom is -0.352 e. The van der Waals surface area contributed by atoms with Crippen molar-refractivity contribution < 1.29 is 14.4 Å². The Hall–Kier alpha value is -4.52. The zero-order chi connectivity index (χ0) is 23.2. The van der Waals surface area contributed by atoms with Crippen LogP contribution in [0.25, 0.3) is 10.9 Å². The van der Waals surface area contributed by atoms with Gasteiger partial charge in [-0.15, -0.1) is 0 Å². The number of carbonyl (C=O) groups is 3. The number of nitrogens with zero attached hydrogens (tertiary/aromatic N) is 1. The Labute approximate surface area is 190 Å². The molecule has 3 amide bonds. The standard InChI is InChI=1S/C26H22N4O3/c1-2-27-26(33)21-16-23(29-22-11-7-6-10-20(21)22)30-25(32)18-14-12-17(13-15-18)24(31)28-19-8-4-3-5-9-19/h3-16H,2H2,1H3,(H,27,33)(H,28,31)(H,29,30,32). The zero-order valence-electron chi connectivity index (χ0n) is 18.0. The van der Waals surface area contributed by atoms with Crippen molar-refractivity contribution in [1.82, 2.24) is 10.3 Å². The summed E-state index contributed by atoms with van der Waals surface area (Å²) >= 11 is 0. The summed E-state index contributed by atoms with van der Waals surface area (Å²) in [6.07, 6.45) is 0. The monoisotopic (exact) mass is 438 g/mol. The van der Waals surface area contributed by atoms with Crippen molar-refractivity contribution >= 4 is 40.1 Å². The van der Waals surface area contributed by atoms with Crippen LogP contribution in [0.5, 0.6) is 0 Å². The summed E-state index contributed by atoms with van der Waals surface area (Å²) in [5.41, 5.74) is 2.52. The molecule has 0 bridgehead atoms. The number of para-hydroxylation sites is 2. The number of anilines is 2. The first-order chi connectivity index (χ1) is 16.0. The van der Waals surface area contributed by atoms with E-state index in [0.29, 0.717) is 39.8 Å². The third kappa shape index (κ3) is 5.04. The fraction of sp³-hybridized carbons (Fsp3) is 0.0769. The number of benzene rings is 3. The number of pyridine rings is 1. The van der Waals surface area contributed by atoms with E-state index in [0.717, 1.165) is 0 Å². The van der Waals surface area contributed by atoms with Crippen molar-refractivity contribution in [1.29, 1.82) is 0 Å². The molecular weight excluding hydrogens is 416 g/mol. The van der Waals surface area contributed by atoms with Crippen LogP contribution in [-0.2, 0) is 0 Å². The highest BCUT2D eigenvalue weighted by molar-refractivity contribution is 6.10. The first kappa shape index (κ1) is 21.7. The SMILES string of the molecule is CCNC(=O)c1cc(NC(=O)c2ccc(C(=O)Nc3ccccc3)cc2)nc2ccccc12. The van der Waals surface area contributed by atoms with Crippen molar-refractivity contribution in [3.8, 4) is 0 Å². The predicted molar refractivity (Wildman–Crippen MR) is 129 cm³/mol. The van der Waals surface area contributed by atoms with Crippen LogP contribution < -0.4 is 16.0 Å². The van der Waals surface area contributed by atoms with Gasteiger partial charge < -0.3 is 16.0 Å². The van der Waals surface area contributed by atoms with Crippen molar-refractivity contribution in [2.24, 2.45) is 0 Å². The van der Waals surface area contributed by atoms with E-state index in [4.69, 9.17) is 0 Å². The van der Waals surface area contributed by atoms with E-state index >= 15 is 0 Å². The van der Waals surface area contributed by atoms with Gasteiger partial charge in [-0.05, 0) is 55.5 Å². The molecule has 7 nitrogen and oxygen atoms in total. The second-order valence-corrected chi connectivity index (χ2v) is 7.28. The maximum absolute atomic E-state index is 12.8. The quantitative estimate of drug-likeness (QED) is 0.413. The van der Waals surface area contributed by atoms with Gasteiger partial charge in [0.15, 0.2) is 0 Å². The largest absolute Gasteiger partial charge is 0.352 e. The Morgan fingerprint density at radius 3 is 2.00 bits per heavy atom. The number of nitrogens with one attached hydrogen (secondary N) is 3. The number of amides is 3.